The van der Waals surface area contributed by atoms with E-state index in [4.69, 9.17) is 4.74 Å². The van der Waals surface area contributed by atoms with Gasteiger partial charge in [0, 0.05) is 18.6 Å². The number of nitrogens with zero attached hydrogens (tertiary/aromatic N) is 4. The first kappa shape index (κ1) is 11.3. The summed E-state index contributed by atoms with van der Waals surface area (Å²) < 4.78 is 6.74. The number of pyridine rings is 1. The molecule has 0 spiro atoms. The van der Waals surface area contributed by atoms with Gasteiger partial charge in [-0.1, -0.05) is 0 Å². The van der Waals surface area contributed by atoms with Crippen molar-refractivity contribution in [2.24, 2.45) is 0 Å². The molecule has 0 aromatic carbocycles. The number of aromatic nitrogens is 4. The number of carbonyl (C=O) groups excluding carboxylic acids is 1. The minimum absolute atomic E-state index is 0.236. The molecule has 0 aliphatic carbocycles. The monoisotopic (exact) mass is 254 g/mol. The maximum atomic E-state index is 12.5. The van der Waals surface area contributed by atoms with Crippen LogP contribution in [0.4, 0.5) is 0 Å². The Morgan fingerprint density at radius 2 is 2.21 bits per heavy atom. The molecular formula is C13H10N4O2. The lowest BCUT2D eigenvalue weighted by atomic mass is 10.1. The topological polar surface area (TPSA) is 69.4 Å². The zero-order valence-corrected chi connectivity index (χ0v) is 10.1. The average Bonchev–Trinajstić information content (AvgIpc) is 2.90. The summed E-state index contributed by atoms with van der Waals surface area (Å²) >= 11 is 0. The van der Waals surface area contributed by atoms with Crippen molar-refractivity contribution in [2.45, 2.75) is 0 Å². The predicted molar refractivity (Wildman–Crippen MR) is 67.2 cm³/mol. The Labute approximate surface area is 108 Å². The molecule has 0 radical (unpaired) electrons. The third-order valence-corrected chi connectivity index (χ3v) is 2.78. The van der Waals surface area contributed by atoms with E-state index in [1.807, 2.05) is 0 Å². The van der Waals surface area contributed by atoms with Gasteiger partial charge in [-0.15, -0.1) is 0 Å². The largest absolute Gasteiger partial charge is 0.494 e. The van der Waals surface area contributed by atoms with E-state index in [0.29, 0.717) is 16.8 Å². The highest BCUT2D eigenvalue weighted by molar-refractivity contribution is 6.13. The zero-order chi connectivity index (χ0) is 13.2. The average molecular weight is 254 g/mol. The Morgan fingerprint density at radius 3 is 3.05 bits per heavy atom. The van der Waals surface area contributed by atoms with Crippen molar-refractivity contribution in [2.75, 3.05) is 7.11 Å². The predicted octanol–water partition coefficient (Wildman–Crippen LogP) is 1.36. The van der Waals surface area contributed by atoms with Gasteiger partial charge in [0.05, 0.1) is 30.6 Å². The summed E-state index contributed by atoms with van der Waals surface area (Å²) in [7, 11) is 1.51. The third-order valence-electron chi connectivity index (χ3n) is 2.78. The highest BCUT2D eigenvalue weighted by Gasteiger charge is 2.19. The first-order chi connectivity index (χ1) is 9.31. The van der Waals surface area contributed by atoms with Gasteiger partial charge in [-0.05, 0) is 12.1 Å². The summed E-state index contributed by atoms with van der Waals surface area (Å²) in [5, 5.41) is 4.11. The fourth-order valence-electron chi connectivity index (χ4n) is 1.86. The number of ether oxygens (including phenoxy) is 1. The van der Waals surface area contributed by atoms with E-state index in [2.05, 4.69) is 15.1 Å². The van der Waals surface area contributed by atoms with E-state index in [1.54, 1.807) is 41.4 Å². The van der Waals surface area contributed by atoms with E-state index in [9.17, 15) is 4.79 Å². The van der Waals surface area contributed by atoms with Crippen molar-refractivity contribution in [3.8, 4) is 5.75 Å². The molecule has 0 unspecified atom stereocenters. The molecule has 3 rings (SSSR count). The van der Waals surface area contributed by atoms with Crippen LogP contribution in [0.5, 0.6) is 5.75 Å². The van der Waals surface area contributed by atoms with Gasteiger partial charge >= 0.3 is 0 Å². The molecular weight excluding hydrogens is 244 g/mol. The Morgan fingerprint density at radius 1 is 1.32 bits per heavy atom. The van der Waals surface area contributed by atoms with Crippen LogP contribution in [0.3, 0.4) is 0 Å². The molecule has 0 amide bonds. The van der Waals surface area contributed by atoms with Gasteiger partial charge in [0.15, 0.2) is 5.69 Å². The standard InChI is InChI=1S/C13H10N4O2/c1-19-11-3-2-4-15-12(11)13(18)9-7-16-17-6-5-14-8-10(9)17/h2-8H,1H3. The van der Waals surface area contributed by atoms with Crippen molar-refractivity contribution in [3.63, 3.8) is 0 Å². The smallest absolute Gasteiger partial charge is 0.219 e. The first-order valence-electron chi connectivity index (χ1n) is 5.62. The van der Waals surface area contributed by atoms with E-state index in [-0.39, 0.29) is 11.5 Å². The Hall–Kier alpha value is -2.76. The summed E-state index contributed by atoms with van der Waals surface area (Å²) in [6.45, 7) is 0. The van der Waals surface area contributed by atoms with Gasteiger partial charge in [-0.2, -0.15) is 5.10 Å². The molecule has 3 aromatic heterocycles. The lowest BCUT2D eigenvalue weighted by Crippen LogP contribution is -2.06. The number of methoxy groups -OCH3 is 1. The molecule has 0 bridgehead atoms. The zero-order valence-electron chi connectivity index (χ0n) is 10.1. The second-order valence-corrected chi connectivity index (χ2v) is 3.85. The van der Waals surface area contributed by atoms with Gasteiger partial charge < -0.3 is 4.74 Å². The summed E-state index contributed by atoms with van der Waals surface area (Å²) in [5.74, 6) is 0.205. The number of carbonyl (C=O) groups is 1. The van der Waals surface area contributed by atoms with Crippen LogP contribution in [-0.4, -0.2) is 32.5 Å². The third kappa shape index (κ3) is 1.83. The molecule has 3 heterocycles. The van der Waals surface area contributed by atoms with E-state index >= 15 is 0 Å². The molecule has 0 saturated heterocycles. The maximum absolute atomic E-state index is 12.5. The van der Waals surface area contributed by atoms with Gasteiger partial charge in [0.25, 0.3) is 0 Å². The van der Waals surface area contributed by atoms with Crippen molar-refractivity contribution >= 4 is 11.3 Å². The molecule has 19 heavy (non-hydrogen) atoms. The van der Waals surface area contributed by atoms with Gasteiger partial charge in [0.1, 0.15) is 5.75 Å². The molecule has 6 heteroatoms. The van der Waals surface area contributed by atoms with Crippen LogP contribution in [0.2, 0.25) is 0 Å². The summed E-state index contributed by atoms with van der Waals surface area (Å²) in [6.07, 6.45) is 7.94. The molecule has 0 fully saturated rings. The number of rotatable bonds is 3. The second-order valence-electron chi connectivity index (χ2n) is 3.85. The minimum Gasteiger partial charge on any atom is -0.494 e. The lowest BCUT2D eigenvalue weighted by Gasteiger charge is -2.04. The van der Waals surface area contributed by atoms with Crippen molar-refractivity contribution in [1.82, 2.24) is 19.6 Å². The highest BCUT2D eigenvalue weighted by Crippen LogP contribution is 2.20. The first-order valence-corrected chi connectivity index (χ1v) is 5.62. The molecule has 3 aromatic rings. The van der Waals surface area contributed by atoms with Crippen LogP contribution in [-0.2, 0) is 0 Å². The normalized spacial score (nSPS) is 10.6. The second kappa shape index (κ2) is 4.49. The number of ketones is 1. The maximum Gasteiger partial charge on any atom is 0.219 e. The SMILES string of the molecule is COc1cccnc1C(=O)c1cnn2ccncc12. The summed E-state index contributed by atoms with van der Waals surface area (Å²) in [6, 6.07) is 3.41. The molecule has 0 saturated carbocycles. The molecule has 6 nitrogen and oxygen atoms in total. The number of fused-ring (bicyclic) bond motifs is 1. The molecule has 0 aliphatic heterocycles. The van der Waals surface area contributed by atoms with E-state index in [1.165, 1.54) is 13.3 Å². The van der Waals surface area contributed by atoms with Crippen LogP contribution >= 0.6 is 0 Å². The van der Waals surface area contributed by atoms with Crippen LogP contribution < -0.4 is 4.74 Å². The van der Waals surface area contributed by atoms with Crippen molar-refractivity contribution in [3.05, 3.63) is 54.4 Å². The van der Waals surface area contributed by atoms with Gasteiger partial charge in [-0.25, -0.2) is 9.50 Å². The van der Waals surface area contributed by atoms with Crippen LogP contribution in [0.25, 0.3) is 5.52 Å². The van der Waals surface area contributed by atoms with Crippen LogP contribution in [0, 0.1) is 0 Å². The molecule has 94 valence electrons. The molecule has 0 N–H and O–H groups in total. The fraction of sp³-hybridized carbons (Fsp3) is 0.0769. The van der Waals surface area contributed by atoms with Crippen molar-refractivity contribution < 1.29 is 9.53 Å². The highest BCUT2D eigenvalue weighted by atomic mass is 16.5. The van der Waals surface area contributed by atoms with E-state index < -0.39 is 0 Å². The fourth-order valence-corrected chi connectivity index (χ4v) is 1.86. The van der Waals surface area contributed by atoms with Crippen LogP contribution in [0.15, 0.2) is 43.1 Å². The molecule has 0 aliphatic rings. The Balaban J connectivity index is 2.14. The lowest BCUT2D eigenvalue weighted by molar-refractivity contribution is 0.103. The van der Waals surface area contributed by atoms with E-state index in [0.717, 1.165) is 0 Å². The Bertz CT molecular complexity index is 751. The summed E-state index contributed by atoms with van der Waals surface area (Å²) in [4.78, 5) is 20.6. The Kier molecular flexibility index (Phi) is 2.68. The van der Waals surface area contributed by atoms with Gasteiger partial charge in [-0.3, -0.25) is 9.78 Å². The molecule has 0 atom stereocenters. The summed E-state index contributed by atoms with van der Waals surface area (Å²) in [5.41, 5.74) is 1.36. The van der Waals surface area contributed by atoms with Gasteiger partial charge in [0.2, 0.25) is 5.78 Å². The number of hydrogen-bond donors (Lipinski definition) is 0. The number of hydrogen-bond acceptors (Lipinski definition) is 5. The van der Waals surface area contributed by atoms with Crippen molar-refractivity contribution in [1.29, 1.82) is 0 Å². The quantitative estimate of drug-likeness (QED) is 0.660. The minimum atomic E-state index is -0.236. The van der Waals surface area contributed by atoms with Crippen LogP contribution in [0.1, 0.15) is 16.1 Å².